The monoisotopic (exact) mass is 311 g/mol. The summed E-state index contributed by atoms with van der Waals surface area (Å²) in [5, 5.41) is 4.20. The first-order chi connectivity index (χ1) is 10.2. The van der Waals surface area contributed by atoms with Crippen molar-refractivity contribution in [2.45, 2.75) is 52.1 Å². The summed E-state index contributed by atoms with van der Waals surface area (Å²) in [5.41, 5.74) is 1.08. The van der Waals surface area contributed by atoms with Crippen LogP contribution in [0.4, 0.5) is 0 Å². The van der Waals surface area contributed by atoms with Crippen molar-refractivity contribution in [3.05, 3.63) is 22.7 Å². The van der Waals surface area contributed by atoms with Crippen LogP contribution in [0.5, 0.6) is 11.5 Å². The second-order valence-electron chi connectivity index (χ2n) is 5.74. The molecule has 2 rings (SSSR count). The molecule has 0 aromatic heterocycles. The maximum Gasteiger partial charge on any atom is 0.165 e. The Hall–Kier alpha value is -0.930. The van der Waals surface area contributed by atoms with Crippen LogP contribution in [0.2, 0.25) is 5.02 Å². The topological polar surface area (TPSA) is 30.5 Å². The number of hydrogen-bond acceptors (Lipinski definition) is 3. The normalized spacial score (nSPS) is 14.5. The van der Waals surface area contributed by atoms with E-state index in [1.807, 2.05) is 12.1 Å². The van der Waals surface area contributed by atoms with Gasteiger partial charge in [-0.05, 0) is 24.8 Å². The fourth-order valence-corrected chi connectivity index (χ4v) is 2.57. The Balaban J connectivity index is 2.13. The zero-order valence-electron chi connectivity index (χ0n) is 13.2. The number of nitrogens with one attached hydrogen (secondary N) is 1. The smallest absolute Gasteiger partial charge is 0.165 e. The Morgan fingerprint density at radius 2 is 2.00 bits per heavy atom. The number of methoxy groups -OCH3 is 1. The molecule has 0 heterocycles. The zero-order chi connectivity index (χ0) is 15.2. The van der Waals surface area contributed by atoms with Crippen molar-refractivity contribution in [2.75, 3.05) is 13.7 Å². The first kappa shape index (κ1) is 16.4. The van der Waals surface area contributed by atoms with Gasteiger partial charge in [0.25, 0.3) is 0 Å². The molecular weight excluding hydrogens is 286 g/mol. The minimum absolute atomic E-state index is 0.578. The number of rotatable bonds is 9. The minimum Gasteiger partial charge on any atom is -0.493 e. The molecular formula is C17H26ClNO2. The van der Waals surface area contributed by atoms with E-state index < -0.39 is 0 Å². The van der Waals surface area contributed by atoms with E-state index in [2.05, 4.69) is 19.2 Å². The molecule has 1 N–H and O–H groups in total. The van der Waals surface area contributed by atoms with E-state index in [1.165, 1.54) is 12.8 Å². The Bertz CT molecular complexity index is 456. The van der Waals surface area contributed by atoms with Crippen LogP contribution in [-0.4, -0.2) is 19.8 Å². The second kappa shape index (κ2) is 7.90. The lowest BCUT2D eigenvalue weighted by Crippen LogP contribution is -2.17. The standard InChI is InChI=1S/C17H26ClNO2/c1-4-12(5-2)11-21-17-13(10-19-15-6-7-15)8-14(18)9-16(17)20-3/h8-9,12,15,19H,4-7,10-11H2,1-3H3. The van der Waals surface area contributed by atoms with Gasteiger partial charge in [-0.1, -0.05) is 38.3 Å². The second-order valence-corrected chi connectivity index (χ2v) is 6.18. The highest BCUT2D eigenvalue weighted by Crippen LogP contribution is 2.35. The Labute approximate surface area is 133 Å². The third-order valence-corrected chi connectivity index (χ3v) is 4.31. The molecule has 0 atom stereocenters. The van der Waals surface area contributed by atoms with Crippen molar-refractivity contribution in [1.82, 2.24) is 5.32 Å². The van der Waals surface area contributed by atoms with Gasteiger partial charge in [-0.25, -0.2) is 0 Å². The maximum atomic E-state index is 6.19. The van der Waals surface area contributed by atoms with Crippen LogP contribution in [0.15, 0.2) is 12.1 Å². The molecule has 0 spiro atoms. The first-order valence-electron chi connectivity index (χ1n) is 7.90. The molecule has 0 radical (unpaired) electrons. The molecule has 4 heteroatoms. The molecule has 118 valence electrons. The molecule has 1 saturated carbocycles. The van der Waals surface area contributed by atoms with Crippen LogP contribution in [0.3, 0.4) is 0 Å². The Kier molecular flexibility index (Phi) is 6.19. The van der Waals surface area contributed by atoms with Crippen molar-refractivity contribution >= 4 is 11.6 Å². The van der Waals surface area contributed by atoms with Crippen molar-refractivity contribution in [3.8, 4) is 11.5 Å². The van der Waals surface area contributed by atoms with E-state index in [0.29, 0.717) is 17.0 Å². The van der Waals surface area contributed by atoms with Crippen LogP contribution in [0.25, 0.3) is 0 Å². The van der Waals surface area contributed by atoms with Crippen molar-refractivity contribution in [1.29, 1.82) is 0 Å². The lowest BCUT2D eigenvalue weighted by molar-refractivity contribution is 0.228. The summed E-state index contributed by atoms with van der Waals surface area (Å²) in [6, 6.07) is 4.45. The fourth-order valence-electron chi connectivity index (χ4n) is 2.34. The van der Waals surface area contributed by atoms with Gasteiger partial charge in [0.15, 0.2) is 11.5 Å². The lowest BCUT2D eigenvalue weighted by Gasteiger charge is -2.19. The summed E-state index contributed by atoms with van der Waals surface area (Å²) < 4.78 is 11.5. The van der Waals surface area contributed by atoms with E-state index in [0.717, 1.165) is 43.1 Å². The number of benzene rings is 1. The van der Waals surface area contributed by atoms with Crippen molar-refractivity contribution in [2.24, 2.45) is 5.92 Å². The molecule has 0 bridgehead atoms. The quantitative estimate of drug-likeness (QED) is 0.732. The third kappa shape index (κ3) is 4.79. The maximum absolute atomic E-state index is 6.19. The van der Waals surface area contributed by atoms with Gasteiger partial charge in [0.2, 0.25) is 0 Å². The van der Waals surface area contributed by atoms with Gasteiger partial charge in [0, 0.05) is 29.2 Å². The first-order valence-corrected chi connectivity index (χ1v) is 8.28. The highest BCUT2D eigenvalue weighted by Gasteiger charge is 2.22. The lowest BCUT2D eigenvalue weighted by atomic mass is 10.1. The largest absolute Gasteiger partial charge is 0.493 e. The molecule has 21 heavy (non-hydrogen) atoms. The molecule has 1 aromatic carbocycles. The highest BCUT2D eigenvalue weighted by atomic mass is 35.5. The molecule has 1 aliphatic carbocycles. The summed E-state index contributed by atoms with van der Waals surface area (Å²) in [6.07, 6.45) is 4.79. The number of hydrogen-bond donors (Lipinski definition) is 1. The fraction of sp³-hybridized carbons (Fsp3) is 0.647. The van der Waals surface area contributed by atoms with Gasteiger partial charge in [0.1, 0.15) is 0 Å². The summed E-state index contributed by atoms with van der Waals surface area (Å²) in [5.74, 6) is 2.14. The highest BCUT2D eigenvalue weighted by molar-refractivity contribution is 6.30. The predicted molar refractivity (Wildman–Crippen MR) is 87.4 cm³/mol. The van der Waals surface area contributed by atoms with Crippen LogP contribution >= 0.6 is 11.6 Å². The van der Waals surface area contributed by atoms with Gasteiger partial charge in [-0.2, -0.15) is 0 Å². The van der Waals surface area contributed by atoms with Gasteiger partial charge in [-0.3, -0.25) is 0 Å². The Morgan fingerprint density at radius 1 is 1.29 bits per heavy atom. The van der Waals surface area contributed by atoms with Crippen LogP contribution in [-0.2, 0) is 6.54 Å². The van der Waals surface area contributed by atoms with Crippen molar-refractivity contribution in [3.63, 3.8) is 0 Å². The molecule has 1 aromatic rings. The van der Waals surface area contributed by atoms with E-state index >= 15 is 0 Å². The third-order valence-electron chi connectivity index (χ3n) is 4.09. The molecule has 1 fully saturated rings. The van der Waals surface area contributed by atoms with Crippen LogP contribution in [0.1, 0.15) is 45.1 Å². The summed E-state index contributed by atoms with van der Waals surface area (Å²) in [7, 11) is 1.66. The molecule has 1 aliphatic rings. The summed E-state index contributed by atoms with van der Waals surface area (Å²) in [6.45, 7) is 5.90. The summed E-state index contributed by atoms with van der Waals surface area (Å²) >= 11 is 6.19. The van der Waals surface area contributed by atoms with Gasteiger partial charge in [-0.15, -0.1) is 0 Å². The molecule has 3 nitrogen and oxygen atoms in total. The van der Waals surface area contributed by atoms with Gasteiger partial charge in [0.05, 0.1) is 13.7 Å². The predicted octanol–water partition coefficient (Wildman–Crippen LogP) is 4.42. The SMILES string of the molecule is CCC(CC)COc1c(CNC2CC2)cc(Cl)cc1OC. The van der Waals surface area contributed by atoms with Crippen LogP contribution in [0, 0.1) is 5.92 Å². The Morgan fingerprint density at radius 3 is 2.57 bits per heavy atom. The van der Waals surface area contributed by atoms with E-state index in [4.69, 9.17) is 21.1 Å². The number of halogens is 1. The summed E-state index contributed by atoms with van der Waals surface area (Å²) in [4.78, 5) is 0. The van der Waals surface area contributed by atoms with E-state index in [1.54, 1.807) is 7.11 Å². The van der Waals surface area contributed by atoms with E-state index in [9.17, 15) is 0 Å². The van der Waals surface area contributed by atoms with Crippen molar-refractivity contribution < 1.29 is 9.47 Å². The molecule has 0 aliphatic heterocycles. The van der Waals surface area contributed by atoms with Crippen LogP contribution < -0.4 is 14.8 Å². The van der Waals surface area contributed by atoms with Gasteiger partial charge >= 0.3 is 0 Å². The average molecular weight is 312 g/mol. The number of ether oxygens (including phenoxy) is 2. The molecule has 0 unspecified atom stereocenters. The molecule has 0 saturated heterocycles. The average Bonchev–Trinajstić information content (AvgIpc) is 3.31. The minimum atomic E-state index is 0.578. The van der Waals surface area contributed by atoms with E-state index in [-0.39, 0.29) is 0 Å². The molecule has 0 amide bonds. The van der Waals surface area contributed by atoms with Gasteiger partial charge < -0.3 is 14.8 Å². The zero-order valence-corrected chi connectivity index (χ0v) is 14.0.